The zero-order valence-electron chi connectivity index (χ0n) is 17.3. The van der Waals surface area contributed by atoms with Crippen LogP contribution in [0.1, 0.15) is 5.56 Å². The Morgan fingerprint density at radius 2 is 1.61 bits per heavy atom. The van der Waals surface area contributed by atoms with Gasteiger partial charge in [-0.25, -0.2) is 19.6 Å². The minimum absolute atomic E-state index is 0.558. The third-order valence-corrected chi connectivity index (χ3v) is 4.82. The Labute approximate surface area is 179 Å². The summed E-state index contributed by atoms with van der Waals surface area (Å²) in [5.74, 6) is -1.48. The smallest absolute Gasteiger partial charge is 0.328 e. The van der Waals surface area contributed by atoms with Crippen LogP contribution in [-0.4, -0.2) is 74.8 Å². The SMILES string of the molecule is CN1CCN(c2nc3cccnc3n2Cc2ccccc2)CC1.O=C(O)C=CC(=O)O. The number of hydrogen-bond donors (Lipinski definition) is 2. The number of likely N-dealkylation sites (N-methyl/N-ethyl adjacent to an activating group) is 1. The Balaban J connectivity index is 0.000000293. The average molecular weight is 423 g/mol. The van der Waals surface area contributed by atoms with Gasteiger partial charge in [-0.1, -0.05) is 30.3 Å². The van der Waals surface area contributed by atoms with Gasteiger partial charge in [0.05, 0.1) is 6.54 Å². The fourth-order valence-corrected chi connectivity index (χ4v) is 3.25. The molecule has 9 nitrogen and oxygen atoms in total. The molecule has 3 aromatic rings. The van der Waals surface area contributed by atoms with Gasteiger partial charge in [0, 0.05) is 44.5 Å². The van der Waals surface area contributed by atoms with Crippen molar-refractivity contribution in [1.82, 2.24) is 19.4 Å². The molecule has 0 unspecified atom stereocenters. The van der Waals surface area contributed by atoms with Crippen LogP contribution in [0.4, 0.5) is 5.95 Å². The Bertz CT molecular complexity index is 1040. The summed E-state index contributed by atoms with van der Waals surface area (Å²) in [6.45, 7) is 4.96. The number of piperazine rings is 1. The summed E-state index contributed by atoms with van der Waals surface area (Å²) in [5.41, 5.74) is 3.20. The lowest BCUT2D eigenvalue weighted by molar-refractivity contribution is -0.134. The molecule has 0 aliphatic carbocycles. The first-order chi connectivity index (χ1) is 14.9. The minimum atomic E-state index is -1.26. The molecule has 1 aliphatic heterocycles. The summed E-state index contributed by atoms with van der Waals surface area (Å²) in [5, 5.41) is 15.6. The van der Waals surface area contributed by atoms with E-state index in [1.54, 1.807) is 0 Å². The molecule has 0 atom stereocenters. The molecule has 9 heteroatoms. The largest absolute Gasteiger partial charge is 0.478 e. The quantitative estimate of drug-likeness (QED) is 0.599. The van der Waals surface area contributed by atoms with Gasteiger partial charge in [-0.15, -0.1) is 0 Å². The van der Waals surface area contributed by atoms with Crippen molar-refractivity contribution in [3.8, 4) is 0 Å². The number of carboxylic acids is 2. The van der Waals surface area contributed by atoms with E-state index in [0.717, 1.165) is 49.8 Å². The maximum atomic E-state index is 9.55. The van der Waals surface area contributed by atoms with Crippen LogP contribution in [0, 0.1) is 0 Å². The molecular formula is C22H25N5O4. The van der Waals surface area contributed by atoms with Crippen LogP contribution in [0.2, 0.25) is 0 Å². The van der Waals surface area contributed by atoms with Gasteiger partial charge in [-0.05, 0) is 24.7 Å². The summed E-state index contributed by atoms with van der Waals surface area (Å²) < 4.78 is 2.25. The Hall–Kier alpha value is -3.72. The van der Waals surface area contributed by atoms with Crippen LogP contribution < -0.4 is 4.90 Å². The lowest BCUT2D eigenvalue weighted by Crippen LogP contribution is -2.45. The predicted molar refractivity (Wildman–Crippen MR) is 117 cm³/mol. The Morgan fingerprint density at radius 1 is 0.968 bits per heavy atom. The standard InChI is InChI=1S/C18H21N5.C4H4O4/c1-21-10-12-22(13-11-21)18-20-16-8-5-9-19-17(16)23(18)14-15-6-3-2-4-7-15;5-3(6)1-2-4(7)8/h2-9H,10-14H2,1H3;1-2H,(H,5,6)(H,7,8). The maximum Gasteiger partial charge on any atom is 0.328 e. The first-order valence-electron chi connectivity index (χ1n) is 9.86. The van der Waals surface area contributed by atoms with Crippen LogP contribution in [-0.2, 0) is 16.1 Å². The number of carbonyl (C=O) groups is 2. The molecule has 0 amide bonds. The van der Waals surface area contributed by atoms with Crippen LogP contribution in [0.3, 0.4) is 0 Å². The number of fused-ring (bicyclic) bond motifs is 1. The molecule has 4 rings (SSSR count). The highest BCUT2D eigenvalue weighted by Gasteiger charge is 2.21. The molecule has 0 spiro atoms. The molecule has 1 saturated heterocycles. The molecule has 31 heavy (non-hydrogen) atoms. The normalized spacial score (nSPS) is 14.4. The zero-order chi connectivity index (χ0) is 22.2. The Kier molecular flexibility index (Phi) is 7.34. The van der Waals surface area contributed by atoms with Crippen LogP contribution in [0.15, 0.2) is 60.8 Å². The number of pyridine rings is 1. The highest BCUT2D eigenvalue weighted by Crippen LogP contribution is 2.23. The number of hydrogen-bond acceptors (Lipinski definition) is 6. The summed E-state index contributed by atoms with van der Waals surface area (Å²) >= 11 is 0. The maximum absolute atomic E-state index is 9.55. The van der Waals surface area contributed by atoms with Crippen LogP contribution in [0.25, 0.3) is 11.2 Å². The van der Waals surface area contributed by atoms with Crippen molar-refractivity contribution >= 4 is 29.1 Å². The van der Waals surface area contributed by atoms with Gasteiger partial charge in [-0.3, -0.25) is 4.57 Å². The fourth-order valence-electron chi connectivity index (χ4n) is 3.25. The lowest BCUT2D eigenvalue weighted by Gasteiger charge is -2.33. The summed E-state index contributed by atoms with van der Waals surface area (Å²) in [6, 6.07) is 14.5. The predicted octanol–water partition coefficient (Wildman–Crippen LogP) is 1.94. The van der Waals surface area contributed by atoms with Crippen molar-refractivity contribution in [3.63, 3.8) is 0 Å². The van der Waals surface area contributed by atoms with Gasteiger partial charge in [0.15, 0.2) is 5.65 Å². The third kappa shape index (κ3) is 6.13. The highest BCUT2D eigenvalue weighted by atomic mass is 16.4. The Morgan fingerprint density at radius 3 is 2.23 bits per heavy atom. The van der Waals surface area contributed by atoms with Crippen molar-refractivity contribution in [2.75, 3.05) is 38.1 Å². The summed E-state index contributed by atoms with van der Waals surface area (Å²) in [7, 11) is 2.17. The molecule has 2 N–H and O–H groups in total. The number of nitrogens with zero attached hydrogens (tertiary/aromatic N) is 5. The van der Waals surface area contributed by atoms with Crippen molar-refractivity contribution in [3.05, 3.63) is 66.4 Å². The number of aliphatic carboxylic acids is 2. The van der Waals surface area contributed by atoms with Gasteiger partial charge in [0.25, 0.3) is 0 Å². The molecule has 3 heterocycles. The lowest BCUT2D eigenvalue weighted by atomic mass is 10.2. The fraction of sp³-hybridized carbons (Fsp3) is 0.273. The van der Waals surface area contributed by atoms with Crippen molar-refractivity contribution in [2.45, 2.75) is 6.54 Å². The second-order valence-corrected chi connectivity index (χ2v) is 7.13. The van der Waals surface area contributed by atoms with E-state index in [1.165, 1.54) is 5.56 Å². The monoisotopic (exact) mass is 423 g/mol. The minimum Gasteiger partial charge on any atom is -0.478 e. The molecule has 1 aliphatic rings. The number of imidazole rings is 1. The molecule has 2 aromatic heterocycles. The summed E-state index contributed by atoms with van der Waals surface area (Å²) in [4.78, 5) is 33.3. The second-order valence-electron chi connectivity index (χ2n) is 7.13. The third-order valence-electron chi connectivity index (χ3n) is 4.82. The first kappa shape index (κ1) is 22.0. The van der Waals surface area contributed by atoms with Crippen LogP contribution in [0.5, 0.6) is 0 Å². The molecule has 162 valence electrons. The zero-order valence-corrected chi connectivity index (χ0v) is 17.3. The number of anilines is 1. The number of aromatic nitrogens is 3. The molecule has 0 radical (unpaired) electrons. The van der Waals surface area contributed by atoms with Gasteiger partial charge >= 0.3 is 11.9 Å². The number of rotatable bonds is 5. The molecule has 1 fully saturated rings. The molecule has 1 aromatic carbocycles. The van der Waals surface area contributed by atoms with Crippen LogP contribution >= 0.6 is 0 Å². The van der Waals surface area contributed by atoms with E-state index >= 15 is 0 Å². The second kappa shape index (κ2) is 10.4. The summed E-state index contributed by atoms with van der Waals surface area (Å²) in [6.07, 6.45) is 2.96. The van der Waals surface area contributed by atoms with E-state index in [-0.39, 0.29) is 0 Å². The van der Waals surface area contributed by atoms with Crippen molar-refractivity contribution in [2.24, 2.45) is 0 Å². The van der Waals surface area contributed by atoms with E-state index in [9.17, 15) is 9.59 Å². The van der Waals surface area contributed by atoms with Gasteiger partial charge in [-0.2, -0.15) is 0 Å². The van der Waals surface area contributed by atoms with E-state index in [1.807, 2.05) is 18.3 Å². The van der Waals surface area contributed by atoms with Gasteiger partial charge in [0.2, 0.25) is 5.95 Å². The van der Waals surface area contributed by atoms with E-state index in [0.29, 0.717) is 12.2 Å². The van der Waals surface area contributed by atoms with E-state index < -0.39 is 11.9 Å². The van der Waals surface area contributed by atoms with E-state index in [2.05, 4.69) is 56.7 Å². The highest BCUT2D eigenvalue weighted by molar-refractivity contribution is 5.89. The number of benzene rings is 1. The van der Waals surface area contributed by atoms with Gasteiger partial charge < -0.3 is 20.0 Å². The first-order valence-corrected chi connectivity index (χ1v) is 9.86. The van der Waals surface area contributed by atoms with Crippen molar-refractivity contribution < 1.29 is 19.8 Å². The molecule has 0 saturated carbocycles. The van der Waals surface area contributed by atoms with Gasteiger partial charge in [0.1, 0.15) is 5.52 Å². The van der Waals surface area contributed by atoms with Crippen molar-refractivity contribution in [1.29, 1.82) is 0 Å². The van der Waals surface area contributed by atoms with E-state index in [4.69, 9.17) is 15.2 Å². The topological polar surface area (TPSA) is 112 Å². The number of carboxylic acid groups (broad SMARTS) is 2. The molecular weight excluding hydrogens is 398 g/mol. The average Bonchev–Trinajstić information content (AvgIpc) is 3.12. The molecule has 0 bridgehead atoms.